The summed E-state index contributed by atoms with van der Waals surface area (Å²) in [5.74, 6) is 1.15. The van der Waals surface area contributed by atoms with Crippen molar-refractivity contribution in [3.05, 3.63) is 53.1 Å². The van der Waals surface area contributed by atoms with Crippen LogP contribution in [0.1, 0.15) is 51.5 Å². The summed E-state index contributed by atoms with van der Waals surface area (Å²) in [6.45, 7) is 5.97. The van der Waals surface area contributed by atoms with Crippen molar-refractivity contribution in [3.63, 3.8) is 0 Å². The number of aliphatic hydroxyl groups excluding tert-OH is 1. The quantitative estimate of drug-likeness (QED) is 0.435. The van der Waals surface area contributed by atoms with Gasteiger partial charge in [-0.05, 0) is 75.2 Å². The molecule has 2 N–H and O–H groups in total. The number of sulfonamides is 1. The molecular weight excluding hydrogens is 550 g/mol. The molecule has 2 aliphatic rings. The molecule has 0 unspecified atom stereocenters. The Morgan fingerprint density at radius 2 is 1.82 bits per heavy atom. The number of anilines is 1. The molecule has 1 saturated carbocycles. The minimum absolute atomic E-state index is 0.0146. The normalized spacial score (nSPS) is 21.6. The van der Waals surface area contributed by atoms with Crippen molar-refractivity contribution in [2.45, 2.75) is 69.4 Å². The molecule has 1 amide bonds. The average Bonchev–Trinajstić information content (AvgIpc) is 2.96. The maximum Gasteiger partial charge on any atom is 0.261 e. The number of halogens is 1. The number of aliphatic hydroxyl groups is 1. The Kier molecular flexibility index (Phi) is 10.4. The molecule has 10 heteroatoms. The molecule has 0 aromatic heterocycles. The molecule has 3 atom stereocenters. The van der Waals surface area contributed by atoms with E-state index in [-0.39, 0.29) is 41.9 Å². The second-order valence-electron chi connectivity index (χ2n) is 11.5. The number of benzene rings is 2. The third kappa shape index (κ3) is 7.90. The summed E-state index contributed by atoms with van der Waals surface area (Å²) in [6, 6.07) is 10.7. The third-order valence-electron chi connectivity index (χ3n) is 8.08. The zero-order chi connectivity index (χ0) is 28.9. The molecule has 2 aromatic carbocycles. The van der Waals surface area contributed by atoms with Gasteiger partial charge in [-0.1, -0.05) is 37.8 Å². The first kappa shape index (κ1) is 30.6. The van der Waals surface area contributed by atoms with Crippen molar-refractivity contribution in [2.24, 2.45) is 11.8 Å². The van der Waals surface area contributed by atoms with E-state index in [4.69, 9.17) is 16.3 Å². The van der Waals surface area contributed by atoms with E-state index in [1.165, 1.54) is 56.4 Å². The van der Waals surface area contributed by atoms with Crippen LogP contribution in [0.4, 0.5) is 5.69 Å². The van der Waals surface area contributed by atoms with E-state index < -0.39 is 10.0 Å². The number of likely N-dealkylation sites (N-methyl/N-ethyl adjacent to an activating group) is 1. The van der Waals surface area contributed by atoms with E-state index in [2.05, 4.69) is 23.6 Å². The predicted molar refractivity (Wildman–Crippen MR) is 158 cm³/mol. The van der Waals surface area contributed by atoms with Crippen LogP contribution in [0.15, 0.2) is 47.4 Å². The Labute approximate surface area is 243 Å². The van der Waals surface area contributed by atoms with Gasteiger partial charge in [0.1, 0.15) is 11.9 Å². The van der Waals surface area contributed by atoms with Gasteiger partial charge in [-0.25, -0.2) is 8.42 Å². The minimum Gasteiger partial charge on any atom is -0.488 e. The molecule has 0 saturated heterocycles. The summed E-state index contributed by atoms with van der Waals surface area (Å²) in [6.07, 6.45) is 6.28. The van der Waals surface area contributed by atoms with Crippen LogP contribution < -0.4 is 9.46 Å². The van der Waals surface area contributed by atoms with Crippen molar-refractivity contribution in [2.75, 3.05) is 38.0 Å². The van der Waals surface area contributed by atoms with Crippen molar-refractivity contribution in [1.29, 1.82) is 0 Å². The number of fused-ring (bicyclic) bond motifs is 1. The number of carbonyl (C=O) groups is 1. The first-order chi connectivity index (χ1) is 19.1. The second kappa shape index (κ2) is 13.6. The Morgan fingerprint density at radius 1 is 1.12 bits per heavy atom. The maximum absolute atomic E-state index is 13.5. The average molecular weight is 592 g/mol. The highest BCUT2D eigenvalue weighted by Gasteiger charge is 2.31. The van der Waals surface area contributed by atoms with E-state index in [0.717, 1.165) is 6.54 Å². The highest BCUT2D eigenvalue weighted by Crippen LogP contribution is 2.31. The molecule has 2 aromatic rings. The fraction of sp³-hybridized carbons (Fsp3) is 0.567. The van der Waals surface area contributed by atoms with E-state index >= 15 is 0 Å². The minimum atomic E-state index is -3.86. The zero-order valence-electron chi connectivity index (χ0n) is 23.7. The van der Waals surface area contributed by atoms with Gasteiger partial charge in [0.25, 0.3) is 10.0 Å². The lowest BCUT2D eigenvalue weighted by molar-refractivity contribution is -0.134. The standard InChI is InChI=1S/C30H42ClN3O5S/c1-21-17-34(22(2)20-35)30(36)16-24-15-26(32-40(37,38)27-12-9-25(31)10-13-27)11-14-28(24)39-29(21)19-33(3)18-23-7-5-4-6-8-23/h9-15,21-23,29,32,35H,4-8,16-20H2,1-3H3/t21-,22-,29+/m0/s1. The van der Waals surface area contributed by atoms with Gasteiger partial charge in [-0.15, -0.1) is 0 Å². The number of hydrogen-bond acceptors (Lipinski definition) is 6. The van der Waals surface area contributed by atoms with Crippen LogP contribution in [0.3, 0.4) is 0 Å². The first-order valence-corrected chi connectivity index (χ1v) is 16.1. The molecule has 220 valence electrons. The Bertz CT molecular complexity index is 1250. The lowest BCUT2D eigenvalue weighted by Crippen LogP contribution is -2.48. The molecule has 8 nitrogen and oxygen atoms in total. The molecular formula is C30H42ClN3O5S. The van der Waals surface area contributed by atoms with Crippen LogP contribution in [-0.4, -0.2) is 74.7 Å². The van der Waals surface area contributed by atoms with Crippen LogP contribution in [0.25, 0.3) is 0 Å². The summed E-state index contributed by atoms with van der Waals surface area (Å²) in [5, 5.41) is 10.3. The predicted octanol–water partition coefficient (Wildman–Crippen LogP) is 4.80. The number of nitrogens with zero attached hydrogens (tertiary/aromatic N) is 2. The molecule has 0 spiro atoms. The SMILES string of the molecule is C[C@H]1CN([C@@H](C)CO)C(=O)Cc2cc(NS(=O)(=O)c3ccc(Cl)cc3)ccc2O[C@@H]1CN(C)CC1CCCCC1. The van der Waals surface area contributed by atoms with E-state index in [1.54, 1.807) is 23.1 Å². The van der Waals surface area contributed by atoms with Gasteiger partial charge in [0.15, 0.2) is 0 Å². The Balaban J connectivity index is 1.60. The van der Waals surface area contributed by atoms with Crippen LogP contribution in [0.2, 0.25) is 5.02 Å². The molecule has 0 bridgehead atoms. The molecule has 0 radical (unpaired) electrons. The number of amides is 1. The van der Waals surface area contributed by atoms with E-state index in [0.29, 0.717) is 41.0 Å². The number of nitrogens with one attached hydrogen (secondary N) is 1. The van der Waals surface area contributed by atoms with Crippen molar-refractivity contribution < 1.29 is 23.1 Å². The summed E-state index contributed by atoms with van der Waals surface area (Å²) in [5.41, 5.74) is 0.940. The Hall–Kier alpha value is -2.33. The smallest absolute Gasteiger partial charge is 0.261 e. The first-order valence-electron chi connectivity index (χ1n) is 14.2. The van der Waals surface area contributed by atoms with Gasteiger partial charge in [0, 0.05) is 41.8 Å². The fourth-order valence-corrected chi connectivity index (χ4v) is 6.91. The lowest BCUT2D eigenvalue weighted by Gasteiger charge is -2.35. The number of carbonyl (C=O) groups excluding carboxylic acids is 1. The zero-order valence-corrected chi connectivity index (χ0v) is 25.3. The fourth-order valence-electron chi connectivity index (χ4n) is 5.73. The summed E-state index contributed by atoms with van der Waals surface area (Å²) in [7, 11) is -1.72. The molecule has 40 heavy (non-hydrogen) atoms. The van der Waals surface area contributed by atoms with E-state index in [9.17, 15) is 18.3 Å². The van der Waals surface area contributed by atoms with Crippen LogP contribution in [0, 0.1) is 11.8 Å². The molecule has 1 aliphatic carbocycles. The highest BCUT2D eigenvalue weighted by molar-refractivity contribution is 7.92. The van der Waals surface area contributed by atoms with Crippen molar-refractivity contribution >= 4 is 33.2 Å². The largest absolute Gasteiger partial charge is 0.488 e. The van der Waals surface area contributed by atoms with Gasteiger partial charge in [-0.2, -0.15) is 0 Å². The van der Waals surface area contributed by atoms with Gasteiger partial charge in [0.2, 0.25) is 5.91 Å². The van der Waals surface area contributed by atoms with Crippen molar-refractivity contribution in [3.8, 4) is 5.75 Å². The van der Waals surface area contributed by atoms with Crippen LogP contribution in [0.5, 0.6) is 5.75 Å². The maximum atomic E-state index is 13.5. The summed E-state index contributed by atoms with van der Waals surface area (Å²) < 4.78 is 35.2. The second-order valence-corrected chi connectivity index (χ2v) is 13.6. The number of ether oxygens (including phenoxy) is 1. The van der Waals surface area contributed by atoms with Crippen molar-refractivity contribution in [1.82, 2.24) is 9.80 Å². The molecule has 1 fully saturated rings. The lowest BCUT2D eigenvalue weighted by atomic mass is 9.89. The molecule has 1 heterocycles. The van der Waals surface area contributed by atoms with Crippen LogP contribution in [-0.2, 0) is 21.2 Å². The number of rotatable bonds is 9. The Morgan fingerprint density at radius 3 is 2.50 bits per heavy atom. The molecule has 4 rings (SSSR count). The van der Waals surface area contributed by atoms with Crippen LogP contribution >= 0.6 is 11.6 Å². The van der Waals surface area contributed by atoms with E-state index in [1.807, 2.05) is 6.92 Å². The topological polar surface area (TPSA) is 99.2 Å². The molecule has 1 aliphatic heterocycles. The van der Waals surface area contributed by atoms with Gasteiger partial charge >= 0.3 is 0 Å². The summed E-state index contributed by atoms with van der Waals surface area (Å²) >= 11 is 5.92. The summed E-state index contributed by atoms with van der Waals surface area (Å²) in [4.78, 5) is 17.6. The number of hydrogen-bond donors (Lipinski definition) is 2. The van der Waals surface area contributed by atoms with Gasteiger partial charge in [0.05, 0.1) is 24.0 Å². The van der Waals surface area contributed by atoms with Gasteiger partial charge in [-0.3, -0.25) is 9.52 Å². The van der Waals surface area contributed by atoms with Gasteiger partial charge < -0.3 is 19.6 Å². The monoisotopic (exact) mass is 591 g/mol. The highest BCUT2D eigenvalue weighted by atomic mass is 35.5. The third-order valence-corrected chi connectivity index (χ3v) is 9.73.